The minimum Gasteiger partial charge on any atom is -0.398 e. The predicted molar refractivity (Wildman–Crippen MR) is 120 cm³/mol. The van der Waals surface area contributed by atoms with Gasteiger partial charge < -0.3 is 16.0 Å². The largest absolute Gasteiger partial charge is 0.398 e. The first-order chi connectivity index (χ1) is 12.8. The number of benzene rings is 1. The molecule has 0 radical (unpaired) electrons. The summed E-state index contributed by atoms with van der Waals surface area (Å²) in [5.74, 6) is 0. The van der Waals surface area contributed by atoms with Crippen LogP contribution in [-0.2, 0) is 0 Å². The number of allylic oxidation sites excluding steroid dienone is 2. The number of nitrogens with one attached hydrogen (secondary N) is 1. The number of anilines is 1. The molecule has 1 aromatic rings. The summed E-state index contributed by atoms with van der Waals surface area (Å²) >= 11 is 0. The van der Waals surface area contributed by atoms with Crippen LogP contribution < -0.4 is 11.1 Å². The van der Waals surface area contributed by atoms with Gasteiger partial charge in [0.1, 0.15) is 0 Å². The molecule has 3 N–H and O–H groups in total. The van der Waals surface area contributed by atoms with E-state index in [0.29, 0.717) is 17.6 Å². The number of nitrogens with two attached hydrogens (primary N) is 1. The van der Waals surface area contributed by atoms with Gasteiger partial charge in [-0.3, -0.25) is 0 Å². The Hall–Kier alpha value is -1.74. The van der Waals surface area contributed by atoms with E-state index in [1.54, 1.807) is 0 Å². The van der Waals surface area contributed by atoms with Crippen molar-refractivity contribution < 1.29 is 0 Å². The molecule has 3 heteroatoms. The Kier molecular flexibility index (Phi) is 7.55. The van der Waals surface area contributed by atoms with Crippen LogP contribution in [0.4, 0.5) is 5.69 Å². The van der Waals surface area contributed by atoms with Gasteiger partial charge >= 0.3 is 0 Å². The maximum Gasteiger partial charge on any atom is 0.0473 e. The Balaban J connectivity index is 2.17. The highest BCUT2D eigenvalue weighted by atomic mass is 15.2. The molecule has 1 aliphatic rings. The molecule has 0 aliphatic heterocycles. The fourth-order valence-corrected chi connectivity index (χ4v) is 4.10. The van der Waals surface area contributed by atoms with E-state index in [9.17, 15) is 0 Å². The highest BCUT2D eigenvalue weighted by Gasteiger charge is 2.33. The molecule has 2 rings (SSSR count). The molecule has 3 nitrogen and oxygen atoms in total. The van der Waals surface area contributed by atoms with Gasteiger partial charge in [0, 0.05) is 41.1 Å². The molecule has 0 aromatic heterocycles. The zero-order valence-electron chi connectivity index (χ0n) is 18.0. The summed E-state index contributed by atoms with van der Waals surface area (Å²) in [5, 5.41) is 3.91. The van der Waals surface area contributed by atoms with E-state index in [1.807, 2.05) is 12.1 Å². The van der Waals surface area contributed by atoms with E-state index >= 15 is 0 Å². The van der Waals surface area contributed by atoms with E-state index < -0.39 is 0 Å². The number of para-hydroxylation sites is 1. The summed E-state index contributed by atoms with van der Waals surface area (Å²) in [7, 11) is 0. The first-order valence-corrected chi connectivity index (χ1v) is 10.5. The number of rotatable bonds is 10. The molecule has 150 valence electrons. The molecule has 1 aromatic carbocycles. The molecular formula is C24H39N3. The summed E-state index contributed by atoms with van der Waals surface area (Å²) < 4.78 is 0. The van der Waals surface area contributed by atoms with Crippen LogP contribution in [0.2, 0.25) is 0 Å². The lowest BCUT2D eigenvalue weighted by molar-refractivity contribution is 0.156. The highest BCUT2D eigenvalue weighted by Crippen LogP contribution is 2.32. The molecule has 0 bridgehead atoms. The van der Waals surface area contributed by atoms with Gasteiger partial charge in [0.15, 0.2) is 0 Å². The Bertz CT molecular complexity index is 657. The van der Waals surface area contributed by atoms with Crippen molar-refractivity contribution in [2.24, 2.45) is 0 Å². The molecule has 1 saturated carbocycles. The highest BCUT2D eigenvalue weighted by molar-refractivity contribution is 5.74. The van der Waals surface area contributed by atoms with Crippen molar-refractivity contribution in [1.29, 1.82) is 0 Å². The van der Waals surface area contributed by atoms with Crippen LogP contribution in [-0.4, -0.2) is 29.1 Å². The van der Waals surface area contributed by atoms with E-state index in [-0.39, 0.29) is 0 Å². The lowest BCUT2D eigenvalue weighted by atomic mass is 9.78. The zero-order chi connectivity index (χ0) is 20.0. The third-order valence-electron chi connectivity index (χ3n) is 6.06. The summed E-state index contributed by atoms with van der Waals surface area (Å²) in [6.45, 7) is 16.5. The van der Waals surface area contributed by atoms with E-state index in [2.05, 4.69) is 69.6 Å². The monoisotopic (exact) mass is 369 g/mol. The van der Waals surface area contributed by atoms with E-state index in [4.69, 9.17) is 5.73 Å². The van der Waals surface area contributed by atoms with Crippen LogP contribution in [0.25, 0.3) is 5.57 Å². The van der Waals surface area contributed by atoms with Crippen LogP contribution in [0.5, 0.6) is 0 Å². The quantitative estimate of drug-likeness (QED) is 0.528. The SMILES string of the molecule is C=C(C)N(CC(CC)NC1(C)CCC1)C(/C=C(\C)c1ccccc1N)CC. The van der Waals surface area contributed by atoms with Crippen LogP contribution in [0.3, 0.4) is 0 Å². The normalized spacial score (nSPS) is 18.5. The fourth-order valence-electron chi connectivity index (χ4n) is 4.10. The first kappa shape index (κ1) is 21.6. The maximum atomic E-state index is 6.19. The molecule has 2 atom stereocenters. The Morgan fingerprint density at radius 2 is 1.93 bits per heavy atom. The molecule has 27 heavy (non-hydrogen) atoms. The summed E-state index contributed by atoms with van der Waals surface area (Å²) in [6.07, 6.45) is 8.47. The summed E-state index contributed by atoms with van der Waals surface area (Å²) in [5.41, 5.74) is 10.8. The van der Waals surface area contributed by atoms with Crippen molar-refractivity contribution in [3.05, 3.63) is 48.2 Å². The second-order valence-corrected chi connectivity index (χ2v) is 8.46. The lowest BCUT2D eigenvalue weighted by Crippen LogP contribution is -2.56. The maximum absolute atomic E-state index is 6.19. The third kappa shape index (κ3) is 5.62. The molecule has 2 unspecified atom stereocenters. The van der Waals surface area contributed by atoms with Crippen LogP contribution in [0.1, 0.15) is 72.3 Å². The van der Waals surface area contributed by atoms with Crippen molar-refractivity contribution >= 4 is 11.3 Å². The second-order valence-electron chi connectivity index (χ2n) is 8.46. The fraction of sp³-hybridized carbons (Fsp3) is 0.583. The summed E-state index contributed by atoms with van der Waals surface area (Å²) in [4.78, 5) is 2.46. The van der Waals surface area contributed by atoms with Gasteiger partial charge in [-0.05, 0) is 64.5 Å². The average molecular weight is 370 g/mol. The third-order valence-corrected chi connectivity index (χ3v) is 6.06. The minimum atomic E-state index is 0.326. The minimum absolute atomic E-state index is 0.326. The van der Waals surface area contributed by atoms with Crippen molar-refractivity contribution in [1.82, 2.24) is 10.2 Å². The number of hydrogen-bond donors (Lipinski definition) is 2. The van der Waals surface area contributed by atoms with Crippen molar-refractivity contribution in [2.45, 2.75) is 84.3 Å². The Morgan fingerprint density at radius 3 is 2.41 bits per heavy atom. The van der Waals surface area contributed by atoms with E-state index in [1.165, 1.54) is 24.8 Å². The zero-order valence-corrected chi connectivity index (χ0v) is 18.0. The van der Waals surface area contributed by atoms with E-state index in [0.717, 1.165) is 36.3 Å². The average Bonchev–Trinajstić information content (AvgIpc) is 2.61. The first-order valence-electron chi connectivity index (χ1n) is 10.5. The topological polar surface area (TPSA) is 41.3 Å². The van der Waals surface area contributed by atoms with Crippen LogP contribution >= 0.6 is 0 Å². The predicted octanol–water partition coefficient (Wildman–Crippen LogP) is 5.60. The second kappa shape index (κ2) is 9.45. The Morgan fingerprint density at radius 1 is 1.26 bits per heavy atom. The number of nitrogens with zero attached hydrogens (tertiary/aromatic N) is 1. The lowest BCUT2D eigenvalue weighted by Gasteiger charge is -2.44. The molecule has 0 spiro atoms. The van der Waals surface area contributed by atoms with Gasteiger partial charge in [0.25, 0.3) is 0 Å². The van der Waals surface area contributed by atoms with Crippen LogP contribution in [0, 0.1) is 0 Å². The summed E-state index contributed by atoms with van der Waals surface area (Å²) in [6, 6.07) is 8.93. The number of hydrogen-bond acceptors (Lipinski definition) is 3. The van der Waals surface area contributed by atoms with Gasteiger partial charge in [-0.25, -0.2) is 0 Å². The van der Waals surface area contributed by atoms with Gasteiger partial charge in [-0.1, -0.05) is 44.7 Å². The van der Waals surface area contributed by atoms with Crippen molar-refractivity contribution in [3.63, 3.8) is 0 Å². The molecule has 0 saturated heterocycles. The smallest absolute Gasteiger partial charge is 0.0473 e. The van der Waals surface area contributed by atoms with Crippen LogP contribution in [0.15, 0.2) is 42.6 Å². The van der Waals surface area contributed by atoms with Gasteiger partial charge in [-0.15, -0.1) is 0 Å². The van der Waals surface area contributed by atoms with Gasteiger partial charge in [0.05, 0.1) is 0 Å². The molecule has 0 amide bonds. The van der Waals surface area contributed by atoms with Crippen molar-refractivity contribution in [3.8, 4) is 0 Å². The molecule has 0 heterocycles. The standard InChI is InChI=1S/C24H39N3/c1-7-20(26-24(6)14-11-15-24)17-27(18(3)4)21(8-2)16-19(5)22-12-9-10-13-23(22)25/h9-10,12-13,16,20-21,26H,3,7-8,11,14-15,17,25H2,1-2,4-6H3/b19-16+. The Labute approximate surface area is 166 Å². The van der Waals surface area contributed by atoms with Gasteiger partial charge in [-0.2, -0.15) is 0 Å². The number of nitrogen functional groups attached to an aromatic ring is 1. The van der Waals surface area contributed by atoms with Crippen molar-refractivity contribution in [2.75, 3.05) is 12.3 Å². The van der Waals surface area contributed by atoms with Gasteiger partial charge in [0.2, 0.25) is 0 Å². The molecule has 1 fully saturated rings. The molecule has 1 aliphatic carbocycles. The molecular weight excluding hydrogens is 330 g/mol.